The van der Waals surface area contributed by atoms with Gasteiger partial charge in [-0.1, -0.05) is 197 Å². The van der Waals surface area contributed by atoms with Crippen molar-refractivity contribution in [3.8, 4) is 0 Å². The Labute approximate surface area is 374 Å². The molecule has 2 atom stereocenters. The first kappa shape index (κ1) is 58.7. The molecule has 61 heavy (non-hydrogen) atoms. The van der Waals surface area contributed by atoms with E-state index >= 15 is 0 Å². The zero-order valence-electron chi connectivity index (χ0n) is 39.1. The minimum atomic E-state index is -4.40. The second-order valence-corrected chi connectivity index (χ2v) is 17.8. The molecule has 0 aromatic rings. The highest BCUT2D eigenvalue weighted by Gasteiger charge is 2.26. The number of unbranched alkanes of at least 4 members (excludes halogenated alkanes) is 23. The summed E-state index contributed by atoms with van der Waals surface area (Å²) >= 11 is 0. The SMILES string of the molecule is CCC/C=C/C/C=C/C/C=C/C/C=C/CCCCCC(=O)OC[C@H](COP(=O)(O)OCCN)OC(=O)CCC/C=C/CCCCCCCCCCCCCCCCCCCC. The summed E-state index contributed by atoms with van der Waals surface area (Å²) in [6.45, 7) is 3.62. The Morgan fingerprint density at radius 2 is 0.902 bits per heavy atom. The summed E-state index contributed by atoms with van der Waals surface area (Å²) in [6, 6.07) is 0. The molecular weight excluding hydrogens is 786 g/mol. The zero-order valence-corrected chi connectivity index (χ0v) is 40.0. The van der Waals surface area contributed by atoms with Crippen LogP contribution in [0, 0.1) is 0 Å². The van der Waals surface area contributed by atoms with Gasteiger partial charge in [0.2, 0.25) is 0 Å². The monoisotopic (exact) mass is 878 g/mol. The van der Waals surface area contributed by atoms with Gasteiger partial charge in [0.25, 0.3) is 0 Å². The third kappa shape index (κ3) is 47.0. The van der Waals surface area contributed by atoms with Gasteiger partial charge in [0.05, 0.1) is 13.2 Å². The van der Waals surface area contributed by atoms with Crippen molar-refractivity contribution in [3.05, 3.63) is 60.8 Å². The Hall–Kier alpha value is -2.29. The fraction of sp³-hybridized carbons (Fsp3) is 0.765. The number of hydrogen-bond acceptors (Lipinski definition) is 8. The van der Waals surface area contributed by atoms with Crippen molar-refractivity contribution < 1.29 is 37.6 Å². The van der Waals surface area contributed by atoms with Crippen LogP contribution in [0.4, 0.5) is 0 Å². The average molecular weight is 878 g/mol. The fourth-order valence-corrected chi connectivity index (χ4v) is 7.45. The van der Waals surface area contributed by atoms with Crippen molar-refractivity contribution in [1.82, 2.24) is 0 Å². The van der Waals surface area contributed by atoms with Gasteiger partial charge in [0.15, 0.2) is 6.10 Å². The van der Waals surface area contributed by atoms with Crippen molar-refractivity contribution in [1.29, 1.82) is 0 Å². The smallest absolute Gasteiger partial charge is 0.462 e. The van der Waals surface area contributed by atoms with Crippen molar-refractivity contribution in [2.45, 2.75) is 225 Å². The topological polar surface area (TPSA) is 134 Å². The quantitative estimate of drug-likeness (QED) is 0.0265. The normalized spacial score (nSPS) is 13.7. The van der Waals surface area contributed by atoms with Gasteiger partial charge < -0.3 is 20.1 Å². The highest BCUT2D eigenvalue weighted by molar-refractivity contribution is 7.47. The van der Waals surface area contributed by atoms with Gasteiger partial charge in [-0.15, -0.1) is 0 Å². The second-order valence-electron chi connectivity index (χ2n) is 16.3. The molecule has 0 heterocycles. The first-order valence-corrected chi connectivity index (χ1v) is 26.3. The van der Waals surface area contributed by atoms with Crippen LogP contribution in [-0.2, 0) is 32.7 Å². The molecule has 1 unspecified atom stereocenters. The number of carbonyl (C=O) groups is 2. The number of nitrogens with two attached hydrogens (primary N) is 1. The van der Waals surface area contributed by atoms with Crippen LogP contribution in [-0.4, -0.2) is 49.3 Å². The van der Waals surface area contributed by atoms with Crippen molar-refractivity contribution >= 4 is 19.8 Å². The first-order valence-electron chi connectivity index (χ1n) is 24.8. The van der Waals surface area contributed by atoms with Gasteiger partial charge in [-0.3, -0.25) is 18.6 Å². The third-order valence-electron chi connectivity index (χ3n) is 10.4. The van der Waals surface area contributed by atoms with Crippen LogP contribution in [0.5, 0.6) is 0 Å². The maximum atomic E-state index is 12.6. The number of ether oxygens (including phenoxy) is 2. The van der Waals surface area contributed by atoms with Crippen LogP contribution in [0.2, 0.25) is 0 Å². The Morgan fingerprint density at radius 1 is 0.492 bits per heavy atom. The summed E-state index contributed by atoms with van der Waals surface area (Å²) in [5.41, 5.74) is 5.36. The van der Waals surface area contributed by atoms with Crippen LogP contribution in [0.25, 0.3) is 0 Å². The molecule has 0 aromatic heterocycles. The predicted octanol–water partition coefficient (Wildman–Crippen LogP) is 14.8. The summed E-state index contributed by atoms with van der Waals surface area (Å²) in [7, 11) is -4.40. The van der Waals surface area contributed by atoms with E-state index in [-0.39, 0.29) is 32.6 Å². The Morgan fingerprint density at radius 3 is 1.39 bits per heavy atom. The Balaban J connectivity index is 4.13. The molecule has 354 valence electrons. The molecule has 0 aliphatic carbocycles. The minimum absolute atomic E-state index is 0.0431. The summed E-state index contributed by atoms with van der Waals surface area (Å²) in [5.74, 6) is -0.900. The molecule has 0 aliphatic heterocycles. The first-order chi connectivity index (χ1) is 29.8. The molecule has 9 nitrogen and oxygen atoms in total. The minimum Gasteiger partial charge on any atom is -0.462 e. The van der Waals surface area contributed by atoms with E-state index in [4.69, 9.17) is 24.3 Å². The molecule has 0 aliphatic rings. The van der Waals surface area contributed by atoms with E-state index in [1.807, 2.05) is 0 Å². The maximum Gasteiger partial charge on any atom is 0.472 e. The largest absolute Gasteiger partial charge is 0.472 e. The van der Waals surface area contributed by atoms with E-state index in [2.05, 4.69) is 74.6 Å². The summed E-state index contributed by atoms with van der Waals surface area (Å²) in [4.78, 5) is 35.0. The van der Waals surface area contributed by atoms with E-state index in [0.29, 0.717) is 12.8 Å². The number of esters is 2. The lowest BCUT2D eigenvalue weighted by atomic mass is 10.0. The van der Waals surface area contributed by atoms with Crippen molar-refractivity contribution in [2.75, 3.05) is 26.4 Å². The van der Waals surface area contributed by atoms with E-state index in [0.717, 1.165) is 57.8 Å². The molecule has 0 saturated heterocycles. The number of phosphoric ester groups is 1. The van der Waals surface area contributed by atoms with Crippen molar-refractivity contribution in [3.63, 3.8) is 0 Å². The average Bonchev–Trinajstić information content (AvgIpc) is 3.25. The lowest BCUT2D eigenvalue weighted by Gasteiger charge is -2.19. The molecule has 0 spiro atoms. The van der Waals surface area contributed by atoms with Crippen LogP contribution in [0.1, 0.15) is 219 Å². The predicted molar refractivity (Wildman–Crippen MR) is 256 cm³/mol. The van der Waals surface area contributed by atoms with E-state index in [1.54, 1.807) is 0 Å². The number of rotatable bonds is 46. The van der Waals surface area contributed by atoms with Crippen LogP contribution in [0.3, 0.4) is 0 Å². The Bertz CT molecular complexity index is 1180. The lowest BCUT2D eigenvalue weighted by Crippen LogP contribution is -2.29. The molecule has 10 heteroatoms. The number of hydrogen-bond donors (Lipinski definition) is 2. The molecule has 0 bridgehead atoms. The van der Waals surface area contributed by atoms with E-state index < -0.39 is 32.5 Å². The molecule has 0 amide bonds. The van der Waals surface area contributed by atoms with Gasteiger partial charge in [0, 0.05) is 19.4 Å². The maximum absolute atomic E-state index is 12.6. The highest BCUT2D eigenvalue weighted by Crippen LogP contribution is 2.43. The van der Waals surface area contributed by atoms with Crippen LogP contribution >= 0.6 is 7.82 Å². The zero-order chi connectivity index (χ0) is 44.6. The van der Waals surface area contributed by atoms with E-state index in [1.165, 1.54) is 122 Å². The number of carbonyl (C=O) groups excluding carboxylic acids is 2. The van der Waals surface area contributed by atoms with Gasteiger partial charge in [-0.2, -0.15) is 0 Å². The molecule has 0 radical (unpaired) electrons. The summed E-state index contributed by atoms with van der Waals surface area (Å²) < 4.78 is 32.8. The number of allylic oxidation sites excluding steroid dienone is 10. The van der Waals surface area contributed by atoms with Crippen LogP contribution < -0.4 is 5.73 Å². The summed E-state index contributed by atoms with van der Waals surface area (Å²) in [6.07, 6.45) is 57.0. The molecular formula is C51H92NO8P. The fourth-order valence-electron chi connectivity index (χ4n) is 6.69. The van der Waals surface area contributed by atoms with Gasteiger partial charge in [-0.25, -0.2) is 4.57 Å². The Kier molecular flexibility index (Phi) is 45.4. The second kappa shape index (κ2) is 47.2. The standard InChI is InChI=1S/C51H92NO8P/c1-3-5-7-9-11-13-15-17-19-21-22-23-24-25-26-28-30-32-34-36-38-40-42-44-51(54)60-49(48-59-61(55,56)58-46-45-52)47-57-50(53)43-41-39-37-35-33-31-29-27-20-18-16-14-12-10-8-6-4-2/h8,10,14,16,20,27,31,33,36,38,49H,3-7,9,11-13,15,17-19,21-26,28-30,32,34-35,37,39-48,52H2,1-2H3,(H,55,56)/b10-8+,16-14+,27-20+,33-31+,38-36+/t49-/m1/s1. The lowest BCUT2D eigenvalue weighted by molar-refractivity contribution is -0.161. The third-order valence-corrected chi connectivity index (χ3v) is 11.3. The van der Waals surface area contributed by atoms with Gasteiger partial charge >= 0.3 is 19.8 Å². The molecule has 0 aromatic carbocycles. The highest BCUT2D eigenvalue weighted by atomic mass is 31.2. The van der Waals surface area contributed by atoms with Gasteiger partial charge in [-0.05, 0) is 70.6 Å². The van der Waals surface area contributed by atoms with Crippen LogP contribution in [0.15, 0.2) is 60.8 Å². The summed E-state index contributed by atoms with van der Waals surface area (Å²) in [5, 5.41) is 0. The van der Waals surface area contributed by atoms with Gasteiger partial charge in [0.1, 0.15) is 6.61 Å². The molecule has 0 saturated carbocycles. The van der Waals surface area contributed by atoms with E-state index in [9.17, 15) is 19.0 Å². The number of phosphoric acid groups is 1. The van der Waals surface area contributed by atoms with Crippen molar-refractivity contribution in [2.24, 2.45) is 5.73 Å². The molecule has 0 rings (SSSR count). The molecule has 3 N–H and O–H groups in total. The molecule has 0 fully saturated rings.